The lowest BCUT2D eigenvalue weighted by molar-refractivity contribution is 0.0601. The fraction of sp³-hybridized carbons (Fsp3) is 0.389. The second-order valence-electron chi connectivity index (χ2n) is 5.55. The molecule has 0 aliphatic heterocycles. The largest absolute Gasteiger partial charge is 0.465 e. The van der Waals surface area contributed by atoms with Crippen LogP contribution in [-0.4, -0.2) is 29.6 Å². The van der Waals surface area contributed by atoms with Crippen molar-refractivity contribution >= 4 is 23.4 Å². The molecule has 0 atom stereocenters. The van der Waals surface area contributed by atoms with Crippen LogP contribution in [0, 0.1) is 6.92 Å². The Labute approximate surface area is 142 Å². The molecule has 1 aromatic carbocycles. The number of aryl methyl sites for hydroxylation is 1. The number of methoxy groups -OCH3 is 1. The zero-order valence-electron chi connectivity index (χ0n) is 14.4. The molecule has 0 saturated heterocycles. The van der Waals surface area contributed by atoms with E-state index in [4.69, 9.17) is 4.74 Å². The van der Waals surface area contributed by atoms with Crippen molar-refractivity contribution in [2.75, 3.05) is 24.3 Å². The third-order valence-corrected chi connectivity index (χ3v) is 3.48. The number of carbonyl (C=O) groups excluding carboxylic acids is 1. The number of ether oxygens (including phenoxy) is 1. The smallest absolute Gasteiger partial charge is 0.337 e. The zero-order chi connectivity index (χ0) is 17.4. The van der Waals surface area contributed by atoms with Gasteiger partial charge >= 0.3 is 5.97 Å². The predicted molar refractivity (Wildman–Crippen MR) is 95.8 cm³/mol. The van der Waals surface area contributed by atoms with E-state index in [-0.39, 0.29) is 5.97 Å². The summed E-state index contributed by atoms with van der Waals surface area (Å²) in [6, 6.07) is 8.98. The molecule has 0 fully saturated rings. The first-order chi connectivity index (χ1) is 11.6. The normalized spacial score (nSPS) is 10.3. The number of rotatable bonds is 8. The summed E-state index contributed by atoms with van der Waals surface area (Å²) >= 11 is 0. The van der Waals surface area contributed by atoms with Gasteiger partial charge in [0.1, 0.15) is 5.82 Å². The van der Waals surface area contributed by atoms with Crippen LogP contribution in [0.5, 0.6) is 0 Å². The summed E-state index contributed by atoms with van der Waals surface area (Å²) in [7, 11) is 1.36. The third kappa shape index (κ3) is 5.22. The second-order valence-corrected chi connectivity index (χ2v) is 5.55. The molecule has 0 aliphatic rings. The minimum absolute atomic E-state index is 0.373. The molecule has 6 heteroatoms. The zero-order valence-corrected chi connectivity index (χ0v) is 14.4. The monoisotopic (exact) mass is 328 g/mol. The highest BCUT2D eigenvalue weighted by molar-refractivity contribution is 5.90. The standard InChI is InChI=1S/C18H24N4O2/c1-4-5-6-10-19-16-11-13(2)20-18(22-16)21-15-9-7-8-14(12-15)17(23)24-3/h7-9,11-12H,4-6,10H2,1-3H3,(H2,19,20,21,22). The molecule has 0 bridgehead atoms. The van der Waals surface area contributed by atoms with Gasteiger partial charge in [0.15, 0.2) is 0 Å². The topological polar surface area (TPSA) is 76.1 Å². The van der Waals surface area contributed by atoms with Crippen LogP contribution in [0.25, 0.3) is 0 Å². The van der Waals surface area contributed by atoms with Gasteiger partial charge in [-0.1, -0.05) is 25.8 Å². The first-order valence-corrected chi connectivity index (χ1v) is 8.17. The summed E-state index contributed by atoms with van der Waals surface area (Å²) in [4.78, 5) is 20.5. The van der Waals surface area contributed by atoms with Gasteiger partial charge in [0.05, 0.1) is 12.7 Å². The highest BCUT2D eigenvalue weighted by Gasteiger charge is 2.07. The van der Waals surface area contributed by atoms with Crippen molar-refractivity contribution in [3.05, 3.63) is 41.6 Å². The lowest BCUT2D eigenvalue weighted by Gasteiger charge is -2.10. The van der Waals surface area contributed by atoms with E-state index in [0.717, 1.165) is 30.2 Å². The minimum atomic E-state index is -0.373. The highest BCUT2D eigenvalue weighted by Crippen LogP contribution is 2.17. The molecule has 24 heavy (non-hydrogen) atoms. The molecule has 0 amide bonds. The molecule has 128 valence electrons. The number of anilines is 3. The van der Waals surface area contributed by atoms with Crippen molar-refractivity contribution in [3.8, 4) is 0 Å². The van der Waals surface area contributed by atoms with E-state index in [1.807, 2.05) is 19.1 Å². The first kappa shape index (κ1) is 17.7. The molecule has 0 radical (unpaired) electrons. The Balaban J connectivity index is 2.09. The average molecular weight is 328 g/mol. The Morgan fingerprint density at radius 1 is 1.21 bits per heavy atom. The van der Waals surface area contributed by atoms with Gasteiger partial charge in [-0.15, -0.1) is 0 Å². The molecule has 0 spiro atoms. The Kier molecular flexibility index (Phi) is 6.54. The highest BCUT2D eigenvalue weighted by atomic mass is 16.5. The number of nitrogens with one attached hydrogen (secondary N) is 2. The number of aromatic nitrogens is 2. The lowest BCUT2D eigenvalue weighted by Crippen LogP contribution is -2.07. The van der Waals surface area contributed by atoms with Gasteiger partial charge in [0.25, 0.3) is 0 Å². The van der Waals surface area contributed by atoms with E-state index in [2.05, 4.69) is 27.5 Å². The Morgan fingerprint density at radius 3 is 2.79 bits per heavy atom. The number of esters is 1. The number of nitrogens with zero attached hydrogens (tertiary/aromatic N) is 2. The summed E-state index contributed by atoms with van der Waals surface area (Å²) in [6.07, 6.45) is 3.50. The van der Waals surface area contributed by atoms with Crippen molar-refractivity contribution in [3.63, 3.8) is 0 Å². The second kappa shape index (κ2) is 8.86. The predicted octanol–water partition coefficient (Wildman–Crippen LogP) is 3.92. The van der Waals surface area contributed by atoms with Gasteiger partial charge in [0.2, 0.25) is 5.95 Å². The van der Waals surface area contributed by atoms with Gasteiger partial charge in [-0.3, -0.25) is 0 Å². The van der Waals surface area contributed by atoms with Crippen LogP contribution in [0.15, 0.2) is 30.3 Å². The van der Waals surface area contributed by atoms with Crippen molar-refractivity contribution in [2.24, 2.45) is 0 Å². The van der Waals surface area contributed by atoms with E-state index in [1.54, 1.807) is 18.2 Å². The van der Waals surface area contributed by atoms with E-state index in [9.17, 15) is 4.79 Å². The van der Waals surface area contributed by atoms with Crippen LogP contribution in [-0.2, 0) is 4.74 Å². The third-order valence-electron chi connectivity index (χ3n) is 3.48. The molecule has 0 unspecified atom stereocenters. The van der Waals surface area contributed by atoms with Crippen molar-refractivity contribution in [1.82, 2.24) is 9.97 Å². The molecule has 0 saturated carbocycles. The van der Waals surface area contributed by atoms with E-state index >= 15 is 0 Å². The Bertz CT molecular complexity index is 688. The van der Waals surface area contributed by atoms with E-state index in [1.165, 1.54) is 20.0 Å². The summed E-state index contributed by atoms with van der Waals surface area (Å²) in [5.41, 5.74) is 2.09. The van der Waals surface area contributed by atoms with Crippen molar-refractivity contribution in [1.29, 1.82) is 0 Å². The van der Waals surface area contributed by atoms with E-state index < -0.39 is 0 Å². The fourth-order valence-corrected chi connectivity index (χ4v) is 2.28. The molecule has 1 aromatic heterocycles. The van der Waals surface area contributed by atoms with Gasteiger partial charge in [0, 0.05) is 24.0 Å². The van der Waals surface area contributed by atoms with Crippen LogP contribution in [0.3, 0.4) is 0 Å². The van der Waals surface area contributed by atoms with Gasteiger partial charge < -0.3 is 15.4 Å². The van der Waals surface area contributed by atoms with Crippen LogP contribution < -0.4 is 10.6 Å². The first-order valence-electron chi connectivity index (χ1n) is 8.17. The Morgan fingerprint density at radius 2 is 2.04 bits per heavy atom. The molecule has 6 nitrogen and oxygen atoms in total. The number of hydrogen-bond donors (Lipinski definition) is 2. The lowest BCUT2D eigenvalue weighted by atomic mass is 10.2. The minimum Gasteiger partial charge on any atom is -0.465 e. The van der Waals surface area contributed by atoms with Gasteiger partial charge in [-0.05, 0) is 31.5 Å². The van der Waals surface area contributed by atoms with Crippen molar-refractivity contribution in [2.45, 2.75) is 33.1 Å². The summed E-state index contributed by atoms with van der Waals surface area (Å²) < 4.78 is 4.74. The van der Waals surface area contributed by atoms with Crippen molar-refractivity contribution < 1.29 is 9.53 Å². The molecular weight excluding hydrogens is 304 g/mol. The van der Waals surface area contributed by atoms with Crippen LogP contribution in [0.4, 0.5) is 17.5 Å². The van der Waals surface area contributed by atoms with Crippen LogP contribution in [0.1, 0.15) is 42.2 Å². The maximum Gasteiger partial charge on any atom is 0.337 e. The van der Waals surface area contributed by atoms with E-state index in [0.29, 0.717) is 11.5 Å². The molecule has 1 heterocycles. The quantitative estimate of drug-likeness (QED) is 0.565. The summed E-state index contributed by atoms with van der Waals surface area (Å²) in [5.74, 6) is 0.919. The molecule has 2 rings (SSSR count). The van der Waals surface area contributed by atoms with Gasteiger partial charge in [-0.25, -0.2) is 9.78 Å². The average Bonchev–Trinajstić information content (AvgIpc) is 2.58. The van der Waals surface area contributed by atoms with Crippen LogP contribution in [0.2, 0.25) is 0 Å². The molecular formula is C18H24N4O2. The number of benzene rings is 1. The van der Waals surface area contributed by atoms with Gasteiger partial charge in [-0.2, -0.15) is 4.98 Å². The Hall–Kier alpha value is -2.63. The summed E-state index contributed by atoms with van der Waals surface area (Å²) in [6.45, 7) is 5.00. The number of unbranched alkanes of at least 4 members (excludes halogenated alkanes) is 2. The molecule has 0 aliphatic carbocycles. The number of hydrogen-bond acceptors (Lipinski definition) is 6. The maximum atomic E-state index is 11.6. The molecule has 2 aromatic rings. The number of carbonyl (C=O) groups is 1. The maximum absolute atomic E-state index is 11.6. The summed E-state index contributed by atoms with van der Waals surface area (Å²) in [5, 5.41) is 6.46. The molecule has 2 N–H and O–H groups in total. The SMILES string of the molecule is CCCCCNc1cc(C)nc(Nc2cccc(C(=O)OC)c2)n1. The fourth-order valence-electron chi connectivity index (χ4n) is 2.28. The van der Waals surface area contributed by atoms with Crippen LogP contribution >= 0.6 is 0 Å².